The Kier molecular flexibility index (Phi) is 12.6. The van der Waals surface area contributed by atoms with Crippen molar-refractivity contribution in [3.05, 3.63) is 71.2 Å². The molecular weight excluding hydrogens is 810 g/mol. The number of Topliss-reactive ketones (excluding diaryl/α,β-unsaturated/α-hetero) is 1. The lowest BCUT2D eigenvalue weighted by atomic mass is 9.44. The predicted molar refractivity (Wildman–Crippen MR) is 215 cm³/mol. The molecule has 1 amide bonds. The Morgan fingerprint density at radius 2 is 1.68 bits per heavy atom. The highest BCUT2D eigenvalue weighted by Crippen LogP contribution is 2.64. The number of aliphatic hydroxyl groups is 3. The van der Waals surface area contributed by atoms with Crippen molar-refractivity contribution in [1.29, 1.82) is 0 Å². The zero-order valence-corrected chi connectivity index (χ0v) is 36.4. The minimum absolute atomic E-state index is 0.0233. The fraction of sp³-hybridized carbons (Fsp3) is 0.600. The summed E-state index contributed by atoms with van der Waals surface area (Å²) in [7, 11) is 0. The smallest absolute Gasteiger partial charge is 0.408 e. The van der Waals surface area contributed by atoms with Gasteiger partial charge in [0.2, 0.25) is 0 Å². The second-order valence-electron chi connectivity index (χ2n) is 18.4. The average molecular weight is 868 g/mol. The van der Waals surface area contributed by atoms with E-state index in [1.54, 1.807) is 59.7 Å². The second kappa shape index (κ2) is 16.9. The number of carbonyl (C=O) groups is 6. The van der Waals surface area contributed by atoms with Gasteiger partial charge in [0.25, 0.3) is 0 Å². The highest BCUT2D eigenvalue weighted by atomic mass is 16.6. The number of hydrogen-bond donors (Lipinski definition) is 4. The first-order valence-corrected chi connectivity index (χ1v) is 20.8. The van der Waals surface area contributed by atoms with E-state index < -0.39 is 118 Å². The molecule has 2 heterocycles. The predicted octanol–water partition coefficient (Wildman–Crippen LogP) is 4.20. The van der Waals surface area contributed by atoms with Crippen LogP contribution in [0.1, 0.15) is 110 Å². The van der Waals surface area contributed by atoms with Crippen LogP contribution in [0, 0.1) is 16.7 Å². The van der Waals surface area contributed by atoms with Crippen molar-refractivity contribution < 1.29 is 76.9 Å². The van der Waals surface area contributed by atoms with Crippen LogP contribution in [-0.2, 0) is 47.6 Å². The first kappa shape index (κ1) is 46.4. The number of aliphatic hydroxyl groups excluding tert-OH is 2. The van der Waals surface area contributed by atoms with Crippen LogP contribution < -0.4 is 5.32 Å². The van der Waals surface area contributed by atoms with Crippen LogP contribution in [0.3, 0.4) is 0 Å². The van der Waals surface area contributed by atoms with Crippen LogP contribution in [0.15, 0.2) is 64.3 Å². The van der Waals surface area contributed by atoms with Crippen molar-refractivity contribution >= 4 is 35.8 Å². The maximum absolute atomic E-state index is 15.5. The molecule has 0 spiro atoms. The van der Waals surface area contributed by atoms with Crippen molar-refractivity contribution in [3.8, 4) is 0 Å². The topological polar surface area (TPSA) is 244 Å². The number of rotatable bonds is 11. The molecule has 3 aliphatic carbocycles. The molecule has 17 nitrogen and oxygen atoms in total. The number of ketones is 1. The molecule has 6 rings (SSSR count). The molecule has 2 aromatic rings. The SMILES string of the molecule is CCCC(=O)O[C@@]12CO[C@@H]1C[C@H](O)[C@@]1(C)C(=O)[C@H](OC(C)=O)C3=C(C)[C@@H](OC(=O)[C@H](O)[C@@H](NC(=O)OC(C)(C)C)c4ccco4)C[C@@](O)([C@@H](OC(=O)c4ccccc4)C12)C3(C)C. The van der Waals surface area contributed by atoms with Crippen LogP contribution in [0.4, 0.5) is 4.79 Å². The summed E-state index contributed by atoms with van der Waals surface area (Å²) in [5.74, 6) is -6.29. The van der Waals surface area contributed by atoms with E-state index in [2.05, 4.69) is 5.32 Å². The Morgan fingerprint density at radius 3 is 2.24 bits per heavy atom. The standard InChI is InChI=1S/C45H57NO16/c1-10-15-30(49)61-44-22-57-29(44)20-28(48)43(9)35(44)37(60-38(52)25-16-12-11-13-17-25)45(55)21-27(23(2)31(42(45,7)8)34(36(43)51)58-24(3)47)59-39(53)33(50)32(26-18-14-19-56-26)46-40(54)62-41(4,5)6/h11-14,16-19,27-29,32-35,37,48,50,55H,10,15,20-22H2,1-9H3,(H,46,54)/t27-,28-,29+,32-,33+,34+,35?,37-,43+,44-,45+/m0/s1. The van der Waals surface area contributed by atoms with Gasteiger partial charge in [-0.1, -0.05) is 39.0 Å². The Morgan fingerprint density at radius 1 is 1.00 bits per heavy atom. The van der Waals surface area contributed by atoms with Gasteiger partial charge >= 0.3 is 30.0 Å². The molecule has 1 unspecified atom stereocenters. The number of alkyl carbamates (subject to hydrolysis) is 1. The number of carbonyl (C=O) groups excluding carboxylic acids is 6. The van der Waals surface area contributed by atoms with E-state index in [1.165, 1.54) is 44.4 Å². The molecule has 2 bridgehead atoms. The third kappa shape index (κ3) is 8.03. The highest BCUT2D eigenvalue weighted by molar-refractivity contribution is 5.95. The van der Waals surface area contributed by atoms with Crippen molar-refractivity contribution in [2.45, 2.75) is 147 Å². The second-order valence-corrected chi connectivity index (χ2v) is 18.4. The molecule has 1 aromatic carbocycles. The number of fused-ring (bicyclic) bond motifs is 5. The van der Waals surface area contributed by atoms with Gasteiger partial charge in [0.15, 0.2) is 23.6 Å². The number of ether oxygens (including phenoxy) is 6. The summed E-state index contributed by atoms with van der Waals surface area (Å²) in [5, 5.41) is 39.8. The maximum Gasteiger partial charge on any atom is 0.408 e. The van der Waals surface area contributed by atoms with E-state index in [-0.39, 0.29) is 41.9 Å². The average Bonchev–Trinajstić information content (AvgIpc) is 3.72. The summed E-state index contributed by atoms with van der Waals surface area (Å²) in [6.07, 6.45) is -10.1. The number of benzene rings is 1. The zero-order chi connectivity index (χ0) is 45.7. The lowest BCUT2D eigenvalue weighted by Crippen LogP contribution is -2.82. The molecule has 338 valence electrons. The van der Waals surface area contributed by atoms with Crippen LogP contribution >= 0.6 is 0 Å². The molecule has 1 aliphatic heterocycles. The molecule has 0 radical (unpaired) electrons. The molecule has 4 N–H and O–H groups in total. The first-order chi connectivity index (χ1) is 28.9. The van der Waals surface area contributed by atoms with Crippen LogP contribution in [0.2, 0.25) is 0 Å². The largest absolute Gasteiger partial charge is 0.467 e. The third-order valence-electron chi connectivity index (χ3n) is 12.9. The lowest BCUT2D eigenvalue weighted by molar-refractivity contribution is -0.346. The van der Waals surface area contributed by atoms with E-state index in [0.29, 0.717) is 6.42 Å². The molecule has 11 atom stereocenters. The van der Waals surface area contributed by atoms with E-state index >= 15 is 4.79 Å². The van der Waals surface area contributed by atoms with Crippen molar-refractivity contribution in [2.24, 2.45) is 16.7 Å². The van der Waals surface area contributed by atoms with Gasteiger partial charge in [-0.25, -0.2) is 14.4 Å². The molecular formula is C45H57NO16. The first-order valence-electron chi connectivity index (χ1n) is 20.8. The molecule has 2 saturated carbocycles. The minimum atomic E-state index is -2.41. The zero-order valence-electron chi connectivity index (χ0n) is 36.4. The molecule has 3 fully saturated rings. The Labute approximate surface area is 359 Å². The van der Waals surface area contributed by atoms with Gasteiger partial charge in [-0.05, 0) is 76.5 Å². The van der Waals surface area contributed by atoms with E-state index in [0.717, 1.165) is 6.92 Å². The third-order valence-corrected chi connectivity index (χ3v) is 12.9. The summed E-state index contributed by atoms with van der Waals surface area (Å²) < 4.78 is 41.3. The number of hydrogen-bond acceptors (Lipinski definition) is 16. The summed E-state index contributed by atoms with van der Waals surface area (Å²) >= 11 is 0. The van der Waals surface area contributed by atoms with Gasteiger partial charge < -0.3 is 53.5 Å². The van der Waals surface area contributed by atoms with Gasteiger partial charge in [0, 0.05) is 31.6 Å². The normalized spacial score (nSPS) is 32.2. The van der Waals surface area contributed by atoms with E-state index in [9.17, 15) is 39.3 Å². The maximum atomic E-state index is 15.5. The van der Waals surface area contributed by atoms with Gasteiger partial charge in [0.1, 0.15) is 41.3 Å². The summed E-state index contributed by atoms with van der Waals surface area (Å²) in [4.78, 5) is 83.5. The van der Waals surface area contributed by atoms with Crippen LogP contribution in [0.5, 0.6) is 0 Å². The van der Waals surface area contributed by atoms with E-state index in [4.69, 9.17) is 32.8 Å². The summed E-state index contributed by atoms with van der Waals surface area (Å²) in [6, 6.07) is 9.17. The van der Waals surface area contributed by atoms with Gasteiger partial charge in [-0.3, -0.25) is 14.4 Å². The highest BCUT2D eigenvalue weighted by Gasteiger charge is 2.78. The molecule has 17 heteroatoms. The fourth-order valence-corrected chi connectivity index (χ4v) is 9.77. The molecule has 1 saturated heterocycles. The Balaban J connectivity index is 1.54. The van der Waals surface area contributed by atoms with Crippen molar-refractivity contribution in [2.75, 3.05) is 6.61 Å². The molecule has 4 aliphatic rings. The monoisotopic (exact) mass is 867 g/mol. The summed E-state index contributed by atoms with van der Waals surface area (Å²) in [5.41, 5.74) is -8.71. The quantitative estimate of drug-likeness (QED) is 0.140. The van der Waals surface area contributed by atoms with Crippen LogP contribution in [0.25, 0.3) is 0 Å². The van der Waals surface area contributed by atoms with E-state index in [1.807, 2.05) is 0 Å². The summed E-state index contributed by atoms with van der Waals surface area (Å²) in [6.45, 7) is 13.4. The number of furan rings is 1. The fourth-order valence-electron chi connectivity index (χ4n) is 9.77. The molecule has 62 heavy (non-hydrogen) atoms. The van der Waals surface area contributed by atoms with Crippen LogP contribution in [-0.4, -0.2) is 111 Å². The Bertz CT molecular complexity index is 2090. The Hall–Kier alpha value is -5.10. The molecule has 1 aromatic heterocycles. The number of amides is 1. The van der Waals surface area contributed by atoms with Gasteiger partial charge in [-0.2, -0.15) is 0 Å². The van der Waals surface area contributed by atoms with Crippen molar-refractivity contribution in [3.63, 3.8) is 0 Å². The lowest BCUT2D eigenvalue weighted by Gasteiger charge is -2.67. The number of nitrogens with one attached hydrogen (secondary N) is 1. The minimum Gasteiger partial charge on any atom is -0.467 e. The van der Waals surface area contributed by atoms with Gasteiger partial charge in [-0.15, -0.1) is 0 Å². The number of esters is 4. The van der Waals surface area contributed by atoms with Crippen molar-refractivity contribution in [1.82, 2.24) is 5.32 Å². The van der Waals surface area contributed by atoms with Gasteiger partial charge in [0.05, 0.1) is 35.9 Å².